The topological polar surface area (TPSA) is 60.9 Å². The van der Waals surface area contributed by atoms with Gasteiger partial charge >= 0.3 is 0 Å². The molecule has 6 nitrogen and oxygen atoms in total. The monoisotopic (exact) mass is 447 g/mol. The lowest BCUT2D eigenvalue weighted by Crippen LogP contribution is -2.42. The minimum absolute atomic E-state index is 0.154. The van der Waals surface area contributed by atoms with E-state index in [4.69, 9.17) is 0 Å². The Labute approximate surface area is 174 Å². The molecular formula is C21H26BrN3O3. The van der Waals surface area contributed by atoms with Crippen molar-refractivity contribution in [3.05, 3.63) is 33.8 Å². The van der Waals surface area contributed by atoms with Gasteiger partial charge in [0.25, 0.3) is 11.8 Å². The van der Waals surface area contributed by atoms with Gasteiger partial charge in [-0.2, -0.15) is 0 Å². The summed E-state index contributed by atoms with van der Waals surface area (Å²) in [5.74, 6) is -0.365. The molecule has 0 N–H and O–H groups in total. The molecule has 3 aliphatic rings. The molecule has 0 aliphatic carbocycles. The van der Waals surface area contributed by atoms with Gasteiger partial charge in [0.2, 0.25) is 5.91 Å². The fraction of sp³-hybridized carbons (Fsp3) is 0.571. The molecule has 150 valence electrons. The van der Waals surface area contributed by atoms with Crippen molar-refractivity contribution in [1.82, 2.24) is 14.7 Å². The van der Waals surface area contributed by atoms with E-state index in [0.717, 1.165) is 43.5 Å². The number of hydrogen-bond acceptors (Lipinski definition) is 4. The van der Waals surface area contributed by atoms with E-state index in [-0.39, 0.29) is 17.7 Å². The van der Waals surface area contributed by atoms with Gasteiger partial charge in [0.05, 0.1) is 11.1 Å². The van der Waals surface area contributed by atoms with Crippen LogP contribution in [0.25, 0.3) is 0 Å². The average Bonchev–Trinajstić information content (AvgIpc) is 3.40. The second kappa shape index (κ2) is 8.33. The smallest absolute Gasteiger partial charge is 0.261 e. The summed E-state index contributed by atoms with van der Waals surface area (Å²) in [7, 11) is 0. The van der Waals surface area contributed by atoms with Crippen molar-refractivity contribution in [1.29, 1.82) is 0 Å². The predicted molar refractivity (Wildman–Crippen MR) is 109 cm³/mol. The van der Waals surface area contributed by atoms with Crippen molar-refractivity contribution in [2.75, 3.05) is 32.7 Å². The summed E-state index contributed by atoms with van der Waals surface area (Å²) >= 11 is 3.34. The molecule has 1 atom stereocenters. The highest BCUT2D eigenvalue weighted by atomic mass is 79.9. The number of imide groups is 1. The third-order valence-electron chi connectivity index (χ3n) is 6.07. The lowest BCUT2D eigenvalue weighted by atomic mass is 10.1. The summed E-state index contributed by atoms with van der Waals surface area (Å²) in [5.41, 5.74) is 0.890. The molecule has 1 aromatic rings. The Kier molecular flexibility index (Phi) is 5.83. The number of hydrogen-bond donors (Lipinski definition) is 0. The zero-order chi connectivity index (χ0) is 19.7. The van der Waals surface area contributed by atoms with Gasteiger partial charge in [0.15, 0.2) is 0 Å². The molecule has 2 saturated heterocycles. The highest BCUT2D eigenvalue weighted by Crippen LogP contribution is 2.27. The summed E-state index contributed by atoms with van der Waals surface area (Å²) in [6.45, 7) is 4.40. The van der Waals surface area contributed by atoms with E-state index < -0.39 is 0 Å². The lowest BCUT2D eigenvalue weighted by Gasteiger charge is -2.28. The summed E-state index contributed by atoms with van der Waals surface area (Å²) in [5, 5.41) is 0. The third-order valence-corrected chi connectivity index (χ3v) is 6.56. The minimum Gasteiger partial charge on any atom is -0.338 e. The Morgan fingerprint density at radius 1 is 1.04 bits per heavy atom. The number of benzene rings is 1. The summed E-state index contributed by atoms with van der Waals surface area (Å²) in [4.78, 5) is 43.5. The van der Waals surface area contributed by atoms with Crippen LogP contribution in [0.2, 0.25) is 0 Å². The van der Waals surface area contributed by atoms with Crippen LogP contribution in [0.5, 0.6) is 0 Å². The quantitative estimate of drug-likeness (QED) is 0.628. The van der Waals surface area contributed by atoms with Gasteiger partial charge in [-0.05, 0) is 63.4 Å². The van der Waals surface area contributed by atoms with Gasteiger partial charge in [-0.1, -0.05) is 15.9 Å². The Balaban J connectivity index is 1.29. The van der Waals surface area contributed by atoms with E-state index in [1.807, 2.05) is 4.90 Å². The largest absolute Gasteiger partial charge is 0.338 e. The molecule has 2 fully saturated rings. The van der Waals surface area contributed by atoms with Crippen molar-refractivity contribution in [3.63, 3.8) is 0 Å². The summed E-state index contributed by atoms with van der Waals surface area (Å²) in [6.07, 6.45) is 5.56. The van der Waals surface area contributed by atoms with Gasteiger partial charge in [0, 0.05) is 36.6 Å². The number of likely N-dealkylation sites (tertiary alicyclic amines) is 2. The molecule has 1 aromatic carbocycles. The number of fused-ring (bicyclic) bond motifs is 1. The van der Waals surface area contributed by atoms with Gasteiger partial charge < -0.3 is 9.80 Å². The molecule has 3 aliphatic heterocycles. The second-order valence-corrected chi connectivity index (χ2v) is 8.86. The maximum Gasteiger partial charge on any atom is 0.261 e. The van der Waals surface area contributed by atoms with Crippen molar-refractivity contribution < 1.29 is 14.4 Å². The van der Waals surface area contributed by atoms with E-state index >= 15 is 0 Å². The molecular weight excluding hydrogens is 422 g/mol. The highest BCUT2D eigenvalue weighted by molar-refractivity contribution is 9.10. The van der Waals surface area contributed by atoms with Crippen LogP contribution in [-0.2, 0) is 4.79 Å². The van der Waals surface area contributed by atoms with E-state index in [2.05, 4.69) is 20.8 Å². The molecule has 0 aromatic heterocycles. The van der Waals surface area contributed by atoms with Crippen molar-refractivity contribution in [2.24, 2.45) is 0 Å². The number of carbonyl (C=O) groups is 3. The van der Waals surface area contributed by atoms with Crippen LogP contribution in [-0.4, -0.2) is 71.2 Å². The van der Waals surface area contributed by atoms with E-state index in [0.29, 0.717) is 36.6 Å². The first kappa shape index (κ1) is 19.6. The number of rotatable bonds is 6. The lowest BCUT2D eigenvalue weighted by molar-refractivity contribution is -0.132. The zero-order valence-corrected chi connectivity index (χ0v) is 17.6. The molecule has 7 heteroatoms. The van der Waals surface area contributed by atoms with Crippen molar-refractivity contribution in [3.8, 4) is 0 Å². The summed E-state index contributed by atoms with van der Waals surface area (Å²) < 4.78 is 0.780. The first-order chi connectivity index (χ1) is 13.5. The first-order valence-electron chi connectivity index (χ1n) is 10.2. The minimum atomic E-state index is -0.262. The highest BCUT2D eigenvalue weighted by Gasteiger charge is 2.36. The van der Waals surface area contributed by atoms with Crippen molar-refractivity contribution in [2.45, 2.75) is 44.6 Å². The molecule has 3 amide bonds. The maximum atomic E-state index is 12.7. The molecule has 0 saturated carbocycles. The average molecular weight is 448 g/mol. The van der Waals surface area contributed by atoms with Gasteiger partial charge in [-0.15, -0.1) is 0 Å². The molecule has 0 bridgehead atoms. The standard InChI is InChI=1S/C21H26BrN3O3/c22-15-7-8-17-18(13-15)21(28)25(20(17)27)12-4-6-19(26)24-11-3-5-16(24)14-23-9-1-2-10-23/h7-8,13,16H,1-6,9-12,14H2. The second-order valence-electron chi connectivity index (χ2n) is 7.95. The van der Waals surface area contributed by atoms with Crippen LogP contribution in [0.4, 0.5) is 0 Å². The predicted octanol–water partition coefficient (Wildman–Crippen LogP) is 2.91. The fourth-order valence-corrected chi connectivity index (χ4v) is 4.98. The summed E-state index contributed by atoms with van der Waals surface area (Å²) in [6, 6.07) is 5.46. The van der Waals surface area contributed by atoms with Crippen LogP contribution in [0.1, 0.15) is 59.2 Å². The Bertz CT molecular complexity index is 791. The normalized spacial score (nSPS) is 22.4. The molecule has 1 unspecified atom stereocenters. The third kappa shape index (κ3) is 3.87. The number of halogens is 1. The van der Waals surface area contributed by atoms with Crippen LogP contribution < -0.4 is 0 Å². The number of amides is 3. The Morgan fingerprint density at radius 3 is 2.57 bits per heavy atom. The van der Waals surface area contributed by atoms with Crippen LogP contribution in [0, 0.1) is 0 Å². The van der Waals surface area contributed by atoms with Crippen molar-refractivity contribution >= 4 is 33.7 Å². The zero-order valence-electron chi connectivity index (χ0n) is 16.0. The molecule has 3 heterocycles. The van der Waals surface area contributed by atoms with E-state index in [1.165, 1.54) is 17.7 Å². The van der Waals surface area contributed by atoms with E-state index in [1.54, 1.807) is 18.2 Å². The van der Waals surface area contributed by atoms with Crippen LogP contribution in [0.3, 0.4) is 0 Å². The van der Waals surface area contributed by atoms with E-state index in [9.17, 15) is 14.4 Å². The maximum absolute atomic E-state index is 12.7. The van der Waals surface area contributed by atoms with Gasteiger partial charge in [-0.3, -0.25) is 19.3 Å². The molecule has 0 radical (unpaired) electrons. The van der Waals surface area contributed by atoms with Crippen LogP contribution in [0.15, 0.2) is 22.7 Å². The SMILES string of the molecule is O=C1c2ccc(Br)cc2C(=O)N1CCCC(=O)N1CCCC1CN1CCCC1. The van der Waals surface area contributed by atoms with Gasteiger partial charge in [-0.25, -0.2) is 0 Å². The first-order valence-corrected chi connectivity index (χ1v) is 11.0. The Morgan fingerprint density at radius 2 is 1.79 bits per heavy atom. The van der Waals surface area contributed by atoms with Gasteiger partial charge in [0.1, 0.15) is 0 Å². The Hall–Kier alpha value is -1.73. The fourth-order valence-electron chi connectivity index (χ4n) is 4.62. The molecule has 28 heavy (non-hydrogen) atoms. The number of nitrogens with zero attached hydrogens (tertiary/aromatic N) is 3. The number of carbonyl (C=O) groups excluding carboxylic acids is 3. The van der Waals surface area contributed by atoms with Crippen LogP contribution >= 0.6 is 15.9 Å². The molecule has 0 spiro atoms. The molecule has 4 rings (SSSR count).